The Kier molecular flexibility index (Phi) is 3.71. The monoisotopic (exact) mass is 187 g/mol. The van der Waals surface area contributed by atoms with Crippen LogP contribution in [-0.2, 0) is 4.74 Å². The van der Waals surface area contributed by atoms with Crippen molar-refractivity contribution >= 4 is 0 Å². The molecule has 0 bridgehead atoms. The van der Waals surface area contributed by atoms with Gasteiger partial charge < -0.3 is 15.6 Å². The summed E-state index contributed by atoms with van der Waals surface area (Å²) < 4.78 is 5.52. The van der Waals surface area contributed by atoms with Crippen molar-refractivity contribution in [2.75, 3.05) is 13.2 Å². The quantitative estimate of drug-likeness (QED) is 0.690. The maximum Gasteiger partial charge on any atom is 0.0731 e. The summed E-state index contributed by atoms with van der Waals surface area (Å²) in [5.74, 6) is 0.172. The Hall–Kier alpha value is -0.120. The molecule has 0 radical (unpaired) electrons. The molecule has 3 nitrogen and oxygen atoms in total. The minimum Gasteiger partial charge on any atom is -0.389 e. The predicted molar refractivity (Wildman–Crippen MR) is 52.4 cm³/mol. The van der Waals surface area contributed by atoms with E-state index in [0.717, 1.165) is 19.3 Å². The first-order valence-electron chi connectivity index (χ1n) is 5.16. The average Bonchev–Trinajstić information content (AvgIpc) is 2.16. The molecule has 3 N–H and O–H groups in total. The van der Waals surface area contributed by atoms with Crippen molar-refractivity contribution in [3.8, 4) is 0 Å². The third-order valence-corrected chi connectivity index (χ3v) is 3.20. The van der Waals surface area contributed by atoms with E-state index in [1.165, 1.54) is 0 Å². The topological polar surface area (TPSA) is 55.5 Å². The Bertz CT molecular complexity index is 163. The lowest BCUT2D eigenvalue weighted by atomic mass is 9.79. The highest BCUT2D eigenvalue weighted by Crippen LogP contribution is 2.32. The Balaban J connectivity index is 2.56. The van der Waals surface area contributed by atoms with Gasteiger partial charge in [0.25, 0.3) is 0 Å². The third kappa shape index (κ3) is 2.42. The van der Waals surface area contributed by atoms with Gasteiger partial charge in [0.1, 0.15) is 0 Å². The van der Waals surface area contributed by atoms with E-state index in [9.17, 15) is 5.11 Å². The van der Waals surface area contributed by atoms with Gasteiger partial charge in [-0.1, -0.05) is 13.8 Å². The molecule has 1 aliphatic heterocycles. The fourth-order valence-electron chi connectivity index (χ4n) is 1.89. The normalized spacial score (nSPS) is 37.4. The molecule has 0 aromatic rings. The molecular formula is C10H21NO2. The molecule has 0 saturated carbocycles. The summed E-state index contributed by atoms with van der Waals surface area (Å²) in [5, 5.41) is 10.3. The largest absolute Gasteiger partial charge is 0.389 e. The minimum absolute atomic E-state index is 0.172. The lowest BCUT2D eigenvalue weighted by Gasteiger charge is -2.40. The Morgan fingerprint density at radius 3 is 2.92 bits per heavy atom. The molecule has 78 valence electrons. The van der Waals surface area contributed by atoms with Crippen LogP contribution in [0.3, 0.4) is 0 Å². The van der Waals surface area contributed by atoms with Crippen molar-refractivity contribution in [2.45, 2.75) is 44.8 Å². The molecule has 1 rings (SSSR count). The SMILES string of the molecule is CCC1CC(O)(C(C)CN)CCO1. The van der Waals surface area contributed by atoms with Crippen molar-refractivity contribution in [1.82, 2.24) is 0 Å². The molecule has 3 unspecified atom stereocenters. The average molecular weight is 187 g/mol. The molecule has 0 aromatic heterocycles. The van der Waals surface area contributed by atoms with E-state index < -0.39 is 5.60 Å². The fraction of sp³-hybridized carbons (Fsp3) is 1.00. The van der Waals surface area contributed by atoms with Gasteiger partial charge in [-0.15, -0.1) is 0 Å². The third-order valence-electron chi connectivity index (χ3n) is 3.20. The van der Waals surface area contributed by atoms with Gasteiger partial charge >= 0.3 is 0 Å². The summed E-state index contributed by atoms with van der Waals surface area (Å²) in [6, 6.07) is 0. The summed E-state index contributed by atoms with van der Waals surface area (Å²) in [6.45, 7) is 5.31. The number of rotatable bonds is 3. The summed E-state index contributed by atoms with van der Waals surface area (Å²) >= 11 is 0. The predicted octanol–water partition coefficient (Wildman–Crippen LogP) is 0.901. The van der Waals surface area contributed by atoms with Crippen molar-refractivity contribution in [3.05, 3.63) is 0 Å². The highest BCUT2D eigenvalue weighted by molar-refractivity contribution is 4.89. The molecule has 0 spiro atoms. The molecule has 3 heteroatoms. The summed E-state index contributed by atoms with van der Waals surface area (Å²) in [5.41, 5.74) is 4.98. The lowest BCUT2D eigenvalue weighted by molar-refractivity contribution is -0.127. The van der Waals surface area contributed by atoms with Gasteiger partial charge in [0, 0.05) is 13.0 Å². The lowest BCUT2D eigenvalue weighted by Crippen LogP contribution is -2.47. The number of nitrogens with two attached hydrogens (primary N) is 1. The van der Waals surface area contributed by atoms with E-state index in [-0.39, 0.29) is 12.0 Å². The smallest absolute Gasteiger partial charge is 0.0731 e. The number of ether oxygens (including phenoxy) is 1. The molecular weight excluding hydrogens is 166 g/mol. The number of hydrogen-bond donors (Lipinski definition) is 2. The van der Waals surface area contributed by atoms with Crippen LogP contribution in [0.5, 0.6) is 0 Å². The molecule has 3 atom stereocenters. The van der Waals surface area contributed by atoms with Crippen LogP contribution < -0.4 is 5.73 Å². The van der Waals surface area contributed by atoms with Crippen LogP contribution in [0, 0.1) is 5.92 Å². The fourth-order valence-corrected chi connectivity index (χ4v) is 1.89. The second-order valence-corrected chi connectivity index (χ2v) is 4.10. The Labute approximate surface area is 80.3 Å². The molecule has 1 saturated heterocycles. The molecule has 1 heterocycles. The minimum atomic E-state index is -0.590. The zero-order valence-electron chi connectivity index (χ0n) is 8.62. The van der Waals surface area contributed by atoms with Crippen LogP contribution in [0.2, 0.25) is 0 Å². The van der Waals surface area contributed by atoms with Gasteiger partial charge in [0.2, 0.25) is 0 Å². The number of aliphatic hydroxyl groups is 1. The van der Waals surface area contributed by atoms with Crippen LogP contribution in [0.4, 0.5) is 0 Å². The van der Waals surface area contributed by atoms with Gasteiger partial charge in [0.05, 0.1) is 11.7 Å². The van der Waals surface area contributed by atoms with Crippen molar-refractivity contribution in [1.29, 1.82) is 0 Å². The first-order valence-corrected chi connectivity index (χ1v) is 5.16. The van der Waals surface area contributed by atoms with Gasteiger partial charge in [-0.2, -0.15) is 0 Å². The van der Waals surface area contributed by atoms with E-state index in [4.69, 9.17) is 10.5 Å². The number of hydrogen-bond acceptors (Lipinski definition) is 3. The van der Waals surface area contributed by atoms with Crippen LogP contribution in [0.1, 0.15) is 33.1 Å². The van der Waals surface area contributed by atoms with Crippen molar-refractivity contribution < 1.29 is 9.84 Å². The van der Waals surface area contributed by atoms with E-state index in [1.807, 2.05) is 6.92 Å². The van der Waals surface area contributed by atoms with Gasteiger partial charge in [-0.25, -0.2) is 0 Å². The maximum atomic E-state index is 10.3. The summed E-state index contributed by atoms with van der Waals surface area (Å²) in [6.07, 6.45) is 2.65. The summed E-state index contributed by atoms with van der Waals surface area (Å²) in [7, 11) is 0. The second-order valence-electron chi connectivity index (χ2n) is 4.10. The van der Waals surface area contributed by atoms with E-state index in [1.54, 1.807) is 0 Å². The zero-order chi connectivity index (χ0) is 9.90. The molecule has 1 fully saturated rings. The summed E-state index contributed by atoms with van der Waals surface area (Å²) in [4.78, 5) is 0. The van der Waals surface area contributed by atoms with E-state index >= 15 is 0 Å². The molecule has 1 aliphatic rings. The van der Waals surface area contributed by atoms with Crippen LogP contribution >= 0.6 is 0 Å². The van der Waals surface area contributed by atoms with Gasteiger partial charge in [-0.05, 0) is 25.3 Å². The molecule has 0 amide bonds. The molecule has 13 heavy (non-hydrogen) atoms. The first-order chi connectivity index (χ1) is 6.12. The van der Waals surface area contributed by atoms with Crippen LogP contribution in [0.25, 0.3) is 0 Å². The van der Waals surface area contributed by atoms with Crippen LogP contribution in [0.15, 0.2) is 0 Å². The van der Waals surface area contributed by atoms with Crippen molar-refractivity contribution in [2.24, 2.45) is 11.7 Å². The standard InChI is InChI=1S/C10H21NO2/c1-3-9-6-10(12,4-5-13-9)8(2)7-11/h8-9,12H,3-7,11H2,1-2H3. The first kappa shape index (κ1) is 11.0. The highest BCUT2D eigenvalue weighted by atomic mass is 16.5. The van der Waals surface area contributed by atoms with E-state index in [2.05, 4.69) is 6.92 Å². The highest BCUT2D eigenvalue weighted by Gasteiger charge is 2.38. The van der Waals surface area contributed by atoms with Crippen LogP contribution in [-0.4, -0.2) is 30.0 Å². The van der Waals surface area contributed by atoms with Gasteiger partial charge in [-0.3, -0.25) is 0 Å². The molecule has 0 aromatic carbocycles. The Morgan fingerprint density at radius 1 is 1.69 bits per heavy atom. The Morgan fingerprint density at radius 2 is 2.38 bits per heavy atom. The zero-order valence-corrected chi connectivity index (χ0v) is 8.62. The van der Waals surface area contributed by atoms with E-state index in [0.29, 0.717) is 13.2 Å². The second kappa shape index (κ2) is 4.40. The van der Waals surface area contributed by atoms with Gasteiger partial charge in [0.15, 0.2) is 0 Å². The molecule has 0 aliphatic carbocycles. The maximum absolute atomic E-state index is 10.3. The van der Waals surface area contributed by atoms with Crippen molar-refractivity contribution in [3.63, 3.8) is 0 Å².